The lowest BCUT2D eigenvalue weighted by Crippen LogP contribution is -2.41. The fraction of sp³-hybridized carbons (Fsp3) is 0.579. The number of aromatic nitrogens is 2. The number of carbonyl (C=O) groups is 1. The monoisotopic (exact) mass is 326 g/mol. The Hall–Kier alpha value is -1.88. The zero-order valence-electron chi connectivity index (χ0n) is 14.3. The van der Waals surface area contributed by atoms with Crippen molar-refractivity contribution < 1.29 is 4.79 Å². The van der Waals surface area contributed by atoms with E-state index in [0.29, 0.717) is 12.6 Å². The molecule has 1 aliphatic heterocycles. The third-order valence-corrected chi connectivity index (χ3v) is 5.40. The molecule has 128 valence electrons. The number of aromatic amines is 1. The summed E-state index contributed by atoms with van der Waals surface area (Å²) in [6, 6.07) is 6.92. The van der Waals surface area contributed by atoms with Crippen molar-refractivity contribution in [2.24, 2.45) is 0 Å². The lowest BCUT2D eigenvalue weighted by atomic mass is 10.2. The molecular weight excluding hydrogens is 300 g/mol. The Balaban J connectivity index is 1.46. The van der Waals surface area contributed by atoms with Crippen molar-refractivity contribution in [3.8, 4) is 0 Å². The molecular formula is C19H26N4O. The van der Waals surface area contributed by atoms with Gasteiger partial charge in [-0.15, -0.1) is 0 Å². The van der Waals surface area contributed by atoms with Crippen LogP contribution >= 0.6 is 0 Å². The molecule has 1 aromatic heterocycles. The smallest absolute Gasteiger partial charge is 0.234 e. The van der Waals surface area contributed by atoms with Gasteiger partial charge in [0.2, 0.25) is 5.91 Å². The largest absolute Gasteiger partial charge is 0.352 e. The SMILES string of the molecule is Cc1ccc2nc(C3CCCN3CC(=O)NC3CCCC3)[nH]c2c1. The molecule has 2 N–H and O–H groups in total. The summed E-state index contributed by atoms with van der Waals surface area (Å²) in [6.45, 7) is 3.55. The molecule has 5 heteroatoms. The number of hydrogen-bond donors (Lipinski definition) is 2. The fourth-order valence-corrected chi connectivity index (χ4v) is 4.15. The van der Waals surface area contributed by atoms with E-state index in [0.717, 1.165) is 49.1 Å². The van der Waals surface area contributed by atoms with Crippen molar-refractivity contribution in [2.75, 3.05) is 13.1 Å². The topological polar surface area (TPSA) is 61.0 Å². The molecule has 2 heterocycles. The average molecular weight is 326 g/mol. The number of nitrogens with one attached hydrogen (secondary N) is 2. The van der Waals surface area contributed by atoms with E-state index in [1.54, 1.807) is 0 Å². The Morgan fingerprint density at radius 1 is 1.29 bits per heavy atom. The molecule has 2 aliphatic rings. The number of hydrogen-bond acceptors (Lipinski definition) is 3. The maximum Gasteiger partial charge on any atom is 0.234 e. The second kappa shape index (κ2) is 6.55. The van der Waals surface area contributed by atoms with Gasteiger partial charge in [-0.25, -0.2) is 4.98 Å². The number of H-pyrrole nitrogens is 1. The first-order valence-corrected chi connectivity index (χ1v) is 9.19. The highest BCUT2D eigenvalue weighted by atomic mass is 16.2. The predicted octanol–water partition coefficient (Wildman–Crippen LogP) is 3.07. The zero-order valence-corrected chi connectivity index (χ0v) is 14.3. The van der Waals surface area contributed by atoms with Crippen LogP contribution in [0, 0.1) is 6.92 Å². The Morgan fingerprint density at radius 2 is 2.12 bits per heavy atom. The van der Waals surface area contributed by atoms with Gasteiger partial charge in [-0.3, -0.25) is 9.69 Å². The molecule has 1 amide bonds. The predicted molar refractivity (Wildman–Crippen MR) is 94.8 cm³/mol. The molecule has 2 fully saturated rings. The highest BCUT2D eigenvalue weighted by molar-refractivity contribution is 5.78. The molecule has 24 heavy (non-hydrogen) atoms. The molecule has 1 aromatic carbocycles. The minimum absolute atomic E-state index is 0.167. The van der Waals surface area contributed by atoms with E-state index in [2.05, 4.69) is 40.3 Å². The molecule has 5 nitrogen and oxygen atoms in total. The van der Waals surface area contributed by atoms with Gasteiger partial charge < -0.3 is 10.3 Å². The number of imidazole rings is 1. The zero-order chi connectivity index (χ0) is 16.5. The van der Waals surface area contributed by atoms with Gasteiger partial charge in [0, 0.05) is 6.04 Å². The van der Waals surface area contributed by atoms with Crippen LogP contribution in [-0.4, -0.2) is 39.9 Å². The van der Waals surface area contributed by atoms with E-state index in [-0.39, 0.29) is 11.9 Å². The number of rotatable bonds is 4. The lowest BCUT2D eigenvalue weighted by Gasteiger charge is -2.23. The van der Waals surface area contributed by atoms with Crippen LogP contribution < -0.4 is 5.32 Å². The van der Waals surface area contributed by atoms with Crippen molar-refractivity contribution >= 4 is 16.9 Å². The van der Waals surface area contributed by atoms with E-state index in [9.17, 15) is 4.79 Å². The highest BCUT2D eigenvalue weighted by Gasteiger charge is 2.30. The number of carbonyl (C=O) groups excluding carboxylic acids is 1. The van der Waals surface area contributed by atoms with E-state index in [4.69, 9.17) is 4.98 Å². The summed E-state index contributed by atoms with van der Waals surface area (Å²) < 4.78 is 0. The van der Waals surface area contributed by atoms with Crippen LogP contribution in [0.25, 0.3) is 11.0 Å². The maximum absolute atomic E-state index is 12.4. The van der Waals surface area contributed by atoms with Crippen molar-refractivity contribution in [2.45, 2.75) is 57.5 Å². The van der Waals surface area contributed by atoms with Crippen LogP contribution in [0.15, 0.2) is 18.2 Å². The van der Waals surface area contributed by atoms with E-state index >= 15 is 0 Å². The summed E-state index contributed by atoms with van der Waals surface area (Å²) in [5, 5.41) is 3.20. The third-order valence-electron chi connectivity index (χ3n) is 5.40. The standard InChI is InChI=1S/C19H26N4O/c1-13-8-9-15-16(11-13)22-19(21-15)17-7-4-10-23(17)12-18(24)20-14-5-2-3-6-14/h8-9,11,14,17H,2-7,10,12H2,1H3,(H,20,24)(H,21,22). The maximum atomic E-state index is 12.4. The first kappa shape index (κ1) is 15.6. The number of likely N-dealkylation sites (tertiary alicyclic amines) is 1. The number of fused-ring (bicyclic) bond motifs is 1. The second-order valence-electron chi connectivity index (χ2n) is 7.32. The Morgan fingerprint density at radius 3 is 2.96 bits per heavy atom. The quantitative estimate of drug-likeness (QED) is 0.908. The van der Waals surface area contributed by atoms with Crippen molar-refractivity contribution in [3.63, 3.8) is 0 Å². The normalized spacial score (nSPS) is 22.5. The number of aryl methyl sites for hydroxylation is 1. The molecule has 4 rings (SSSR count). The Bertz CT molecular complexity index is 732. The van der Waals surface area contributed by atoms with Crippen LogP contribution in [0.4, 0.5) is 0 Å². The molecule has 0 bridgehead atoms. The van der Waals surface area contributed by atoms with Crippen LogP contribution in [0.1, 0.15) is 56.0 Å². The van der Waals surface area contributed by atoms with Crippen molar-refractivity contribution in [3.05, 3.63) is 29.6 Å². The van der Waals surface area contributed by atoms with E-state index in [1.807, 2.05) is 0 Å². The lowest BCUT2D eigenvalue weighted by molar-refractivity contribution is -0.123. The summed E-state index contributed by atoms with van der Waals surface area (Å²) in [7, 11) is 0. The van der Waals surface area contributed by atoms with Crippen LogP contribution in [0.3, 0.4) is 0 Å². The van der Waals surface area contributed by atoms with Crippen LogP contribution in [-0.2, 0) is 4.79 Å². The molecule has 2 aromatic rings. The van der Waals surface area contributed by atoms with Crippen molar-refractivity contribution in [1.29, 1.82) is 0 Å². The van der Waals surface area contributed by atoms with Gasteiger partial charge in [0.05, 0.1) is 23.6 Å². The van der Waals surface area contributed by atoms with Crippen LogP contribution in [0.2, 0.25) is 0 Å². The minimum Gasteiger partial charge on any atom is -0.352 e. The summed E-state index contributed by atoms with van der Waals surface area (Å²) in [4.78, 5) is 22.9. The van der Waals surface area contributed by atoms with Gasteiger partial charge in [0.1, 0.15) is 5.82 Å². The molecule has 1 aliphatic carbocycles. The molecule has 0 radical (unpaired) electrons. The van der Waals surface area contributed by atoms with Crippen LogP contribution in [0.5, 0.6) is 0 Å². The van der Waals surface area contributed by atoms with Crippen molar-refractivity contribution in [1.82, 2.24) is 20.2 Å². The Labute approximate surface area is 142 Å². The Kier molecular flexibility index (Phi) is 4.27. The number of nitrogens with zero attached hydrogens (tertiary/aromatic N) is 2. The molecule has 1 unspecified atom stereocenters. The number of benzene rings is 1. The van der Waals surface area contributed by atoms with Gasteiger partial charge >= 0.3 is 0 Å². The first-order chi connectivity index (χ1) is 11.7. The summed E-state index contributed by atoms with van der Waals surface area (Å²) >= 11 is 0. The van der Waals surface area contributed by atoms with Gasteiger partial charge in [-0.05, 0) is 56.8 Å². The molecule has 1 saturated carbocycles. The molecule has 0 spiro atoms. The average Bonchev–Trinajstić information content (AvgIpc) is 3.26. The molecule has 1 saturated heterocycles. The van der Waals surface area contributed by atoms with E-state index < -0.39 is 0 Å². The van der Waals surface area contributed by atoms with E-state index in [1.165, 1.54) is 18.4 Å². The van der Waals surface area contributed by atoms with Gasteiger partial charge in [0.15, 0.2) is 0 Å². The third kappa shape index (κ3) is 3.18. The minimum atomic E-state index is 0.167. The highest BCUT2D eigenvalue weighted by Crippen LogP contribution is 2.31. The fourth-order valence-electron chi connectivity index (χ4n) is 4.15. The summed E-state index contributed by atoms with van der Waals surface area (Å²) in [6.07, 6.45) is 6.95. The second-order valence-corrected chi connectivity index (χ2v) is 7.32. The first-order valence-electron chi connectivity index (χ1n) is 9.19. The van der Waals surface area contributed by atoms with Gasteiger partial charge in [0.25, 0.3) is 0 Å². The summed E-state index contributed by atoms with van der Waals surface area (Å²) in [5.41, 5.74) is 3.34. The van der Waals surface area contributed by atoms with Gasteiger partial charge in [-0.2, -0.15) is 0 Å². The molecule has 1 atom stereocenters. The van der Waals surface area contributed by atoms with Gasteiger partial charge in [-0.1, -0.05) is 18.9 Å². The summed E-state index contributed by atoms with van der Waals surface area (Å²) in [5.74, 6) is 1.17. The number of amides is 1.